The van der Waals surface area contributed by atoms with Crippen molar-refractivity contribution in [3.63, 3.8) is 0 Å². The maximum absolute atomic E-state index is 11.2. The van der Waals surface area contributed by atoms with E-state index in [0.29, 0.717) is 12.4 Å². The quantitative estimate of drug-likeness (QED) is 0.666. The van der Waals surface area contributed by atoms with Crippen LogP contribution in [0.4, 0.5) is 17.3 Å². The fourth-order valence-electron chi connectivity index (χ4n) is 1.73. The molecule has 0 fully saturated rings. The van der Waals surface area contributed by atoms with Crippen LogP contribution in [-0.2, 0) is 6.54 Å². The molecule has 0 radical (unpaired) electrons. The van der Waals surface area contributed by atoms with Gasteiger partial charge in [0.15, 0.2) is 0 Å². The second-order valence-electron chi connectivity index (χ2n) is 3.89. The highest BCUT2D eigenvalue weighted by Gasteiger charge is 2.24. The van der Waals surface area contributed by atoms with Gasteiger partial charge >= 0.3 is 5.69 Å². The summed E-state index contributed by atoms with van der Waals surface area (Å²) >= 11 is 1.59. The van der Waals surface area contributed by atoms with Crippen molar-refractivity contribution in [1.29, 1.82) is 0 Å². The van der Waals surface area contributed by atoms with Crippen molar-refractivity contribution in [2.24, 2.45) is 0 Å². The van der Waals surface area contributed by atoms with E-state index in [0.717, 1.165) is 5.56 Å². The molecule has 0 unspecified atom stereocenters. The Hall–Kier alpha value is -2.22. The molecule has 0 spiro atoms. The van der Waals surface area contributed by atoms with Gasteiger partial charge < -0.3 is 10.2 Å². The molecule has 0 aliphatic rings. The Bertz CT molecular complexity index is 572. The van der Waals surface area contributed by atoms with E-state index < -0.39 is 4.92 Å². The number of nitrogens with zero attached hydrogens (tertiary/aromatic N) is 4. The highest BCUT2D eigenvalue weighted by atomic mass is 32.1. The maximum atomic E-state index is 11.2. The van der Waals surface area contributed by atoms with Crippen molar-refractivity contribution in [1.82, 2.24) is 9.97 Å². The Labute approximate surface area is 114 Å². The van der Waals surface area contributed by atoms with Gasteiger partial charge in [0.2, 0.25) is 11.6 Å². The van der Waals surface area contributed by atoms with Gasteiger partial charge in [-0.05, 0) is 22.4 Å². The van der Waals surface area contributed by atoms with Crippen LogP contribution in [0, 0.1) is 10.1 Å². The van der Waals surface area contributed by atoms with Crippen LogP contribution in [-0.4, -0.2) is 29.0 Å². The minimum atomic E-state index is -0.467. The van der Waals surface area contributed by atoms with Crippen LogP contribution in [0.5, 0.6) is 0 Å². The fourth-order valence-corrected chi connectivity index (χ4v) is 2.39. The molecule has 0 atom stereocenters. The van der Waals surface area contributed by atoms with E-state index >= 15 is 0 Å². The molecule has 0 aliphatic carbocycles. The van der Waals surface area contributed by atoms with Crippen molar-refractivity contribution in [3.05, 3.63) is 38.8 Å². The molecule has 1 N–H and O–H groups in total. The van der Waals surface area contributed by atoms with E-state index in [1.807, 2.05) is 16.8 Å². The molecule has 7 nitrogen and oxygen atoms in total. The van der Waals surface area contributed by atoms with Gasteiger partial charge in [0, 0.05) is 20.6 Å². The van der Waals surface area contributed by atoms with Gasteiger partial charge in [0.05, 0.1) is 4.92 Å². The van der Waals surface area contributed by atoms with Gasteiger partial charge in [-0.3, -0.25) is 10.1 Å². The van der Waals surface area contributed by atoms with Crippen LogP contribution in [0.3, 0.4) is 0 Å². The molecule has 2 aromatic heterocycles. The summed E-state index contributed by atoms with van der Waals surface area (Å²) in [7, 11) is 3.37. The van der Waals surface area contributed by atoms with Crippen molar-refractivity contribution in [2.75, 3.05) is 24.3 Å². The van der Waals surface area contributed by atoms with Gasteiger partial charge in [-0.25, -0.2) is 9.97 Å². The zero-order valence-electron chi connectivity index (χ0n) is 10.5. The van der Waals surface area contributed by atoms with Crippen LogP contribution >= 0.6 is 11.3 Å². The molecule has 0 saturated heterocycles. The molecule has 0 saturated carbocycles. The first kappa shape index (κ1) is 13.2. The number of nitrogens with one attached hydrogen (secondary N) is 1. The van der Waals surface area contributed by atoms with Gasteiger partial charge in [-0.1, -0.05) is 0 Å². The third kappa shape index (κ3) is 2.79. The van der Waals surface area contributed by atoms with Crippen LogP contribution in [0.15, 0.2) is 23.2 Å². The molecule has 8 heteroatoms. The van der Waals surface area contributed by atoms with Gasteiger partial charge in [-0.15, -0.1) is 0 Å². The second kappa shape index (κ2) is 5.61. The summed E-state index contributed by atoms with van der Waals surface area (Å²) in [5, 5.41) is 17.9. The van der Waals surface area contributed by atoms with Crippen LogP contribution in [0.1, 0.15) is 5.56 Å². The monoisotopic (exact) mass is 279 g/mol. The average Bonchev–Trinajstić information content (AvgIpc) is 2.90. The Morgan fingerprint density at radius 1 is 1.53 bits per heavy atom. The van der Waals surface area contributed by atoms with Crippen LogP contribution in [0.25, 0.3) is 0 Å². The standard InChI is InChI=1S/C11H13N5O2S/c1-12-10-9(16(17)18)11(14-7-13-10)15(2)5-8-3-4-19-6-8/h3-4,6-7H,5H2,1-2H3,(H,12,13,14). The predicted octanol–water partition coefficient (Wildman–Crippen LogP) is 2.12. The highest BCUT2D eigenvalue weighted by Crippen LogP contribution is 2.31. The van der Waals surface area contributed by atoms with E-state index in [-0.39, 0.29) is 11.5 Å². The molecular formula is C11H13N5O2S. The summed E-state index contributed by atoms with van der Waals surface area (Å²) in [5.41, 5.74) is 0.981. The Morgan fingerprint density at radius 3 is 2.89 bits per heavy atom. The lowest BCUT2D eigenvalue weighted by atomic mass is 10.3. The Kier molecular flexibility index (Phi) is 3.91. The summed E-state index contributed by atoms with van der Waals surface area (Å²) in [6, 6.07) is 1.98. The van der Waals surface area contributed by atoms with E-state index in [9.17, 15) is 10.1 Å². The highest BCUT2D eigenvalue weighted by molar-refractivity contribution is 7.07. The summed E-state index contributed by atoms with van der Waals surface area (Å²) in [6.45, 7) is 0.560. The smallest absolute Gasteiger partial charge is 0.353 e. The van der Waals surface area contributed by atoms with Crippen LogP contribution in [0.2, 0.25) is 0 Å². The molecular weight excluding hydrogens is 266 g/mol. The van der Waals surface area contributed by atoms with Gasteiger partial charge in [0.25, 0.3) is 0 Å². The fraction of sp³-hybridized carbons (Fsp3) is 0.273. The van der Waals surface area contributed by atoms with Gasteiger partial charge in [-0.2, -0.15) is 11.3 Å². The molecule has 2 rings (SSSR count). The summed E-state index contributed by atoms with van der Waals surface area (Å²) in [4.78, 5) is 20.3. The van der Waals surface area contributed by atoms with E-state index in [4.69, 9.17) is 0 Å². The second-order valence-corrected chi connectivity index (χ2v) is 4.67. The molecule has 19 heavy (non-hydrogen) atoms. The maximum Gasteiger partial charge on any atom is 0.353 e. The number of hydrogen-bond acceptors (Lipinski definition) is 7. The first-order valence-electron chi connectivity index (χ1n) is 5.53. The first-order valence-corrected chi connectivity index (χ1v) is 6.47. The number of anilines is 2. The van der Waals surface area contributed by atoms with E-state index in [1.165, 1.54) is 6.33 Å². The van der Waals surface area contributed by atoms with Gasteiger partial charge in [0.1, 0.15) is 6.33 Å². The zero-order chi connectivity index (χ0) is 13.8. The number of hydrogen-bond donors (Lipinski definition) is 1. The number of aromatic nitrogens is 2. The normalized spacial score (nSPS) is 10.2. The predicted molar refractivity (Wildman–Crippen MR) is 74.7 cm³/mol. The molecule has 0 bridgehead atoms. The summed E-state index contributed by atoms with van der Waals surface area (Å²) in [6.07, 6.45) is 1.32. The largest absolute Gasteiger partial charge is 0.367 e. The molecule has 2 aromatic rings. The van der Waals surface area contributed by atoms with Crippen molar-refractivity contribution >= 4 is 28.7 Å². The van der Waals surface area contributed by atoms with E-state index in [2.05, 4.69) is 15.3 Å². The third-order valence-electron chi connectivity index (χ3n) is 2.58. The Morgan fingerprint density at radius 2 is 2.32 bits per heavy atom. The molecule has 0 aliphatic heterocycles. The lowest BCUT2D eigenvalue weighted by Gasteiger charge is -2.17. The van der Waals surface area contributed by atoms with Crippen LogP contribution < -0.4 is 10.2 Å². The Balaban J connectivity index is 2.35. The number of thiophene rings is 1. The van der Waals surface area contributed by atoms with Crippen molar-refractivity contribution < 1.29 is 4.92 Å². The lowest BCUT2D eigenvalue weighted by molar-refractivity contribution is -0.383. The number of nitro groups is 1. The topological polar surface area (TPSA) is 84.2 Å². The first-order chi connectivity index (χ1) is 9.13. The summed E-state index contributed by atoms with van der Waals surface area (Å²) < 4.78 is 0. The minimum absolute atomic E-state index is 0.109. The number of rotatable bonds is 5. The molecule has 2 heterocycles. The third-order valence-corrected chi connectivity index (χ3v) is 3.32. The van der Waals surface area contributed by atoms with Crippen molar-refractivity contribution in [2.45, 2.75) is 6.54 Å². The minimum Gasteiger partial charge on any atom is -0.367 e. The zero-order valence-corrected chi connectivity index (χ0v) is 11.3. The molecule has 100 valence electrons. The molecule has 0 aromatic carbocycles. The van der Waals surface area contributed by atoms with Crippen molar-refractivity contribution in [3.8, 4) is 0 Å². The SMILES string of the molecule is CNc1ncnc(N(C)Cc2ccsc2)c1[N+](=O)[O-]. The summed E-state index contributed by atoms with van der Waals surface area (Å²) in [5.74, 6) is 0.516. The lowest BCUT2D eigenvalue weighted by Crippen LogP contribution is -2.19. The van der Waals surface area contributed by atoms with E-state index in [1.54, 1.807) is 30.3 Å². The molecule has 0 amide bonds. The average molecular weight is 279 g/mol.